The van der Waals surface area contributed by atoms with E-state index in [4.69, 9.17) is 5.11 Å². The van der Waals surface area contributed by atoms with Crippen molar-refractivity contribution in [2.45, 2.75) is 26.8 Å². The molecule has 0 atom stereocenters. The van der Waals surface area contributed by atoms with Crippen LogP contribution in [0.5, 0.6) is 0 Å². The van der Waals surface area contributed by atoms with Crippen LogP contribution in [0, 0.1) is 13.8 Å². The lowest BCUT2D eigenvalue weighted by atomic mass is 10.0. The number of hydrogen-bond acceptors (Lipinski definition) is 2. The summed E-state index contributed by atoms with van der Waals surface area (Å²) in [6.07, 6.45) is 2.00. The molecule has 4 nitrogen and oxygen atoms in total. The number of nitrogens with zero attached hydrogens (tertiary/aromatic N) is 2. The van der Waals surface area contributed by atoms with Crippen LogP contribution in [0.15, 0.2) is 30.5 Å². The summed E-state index contributed by atoms with van der Waals surface area (Å²) in [6.45, 7) is 4.39. The zero-order valence-electron chi connectivity index (χ0n) is 10.6. The largest absolute Gasteiger partial charge is 0.481 e. The number of hydrogen-bond donors (Lipinski definition) is 1. The van der Waals surface area contributed by atoms with Crippen LogP contribution in [0.25, 0.3) is 11.1 Å². The first-order valence-electron chi connectivity index (χ1n) is 5.89. The van der Waals surface area contributed by atoms with E-state index in [2.05, 4.69) is 11.2 Å². The number of carboxylic acids is 1. The van der Waals surface area contributed by atoms with Gasteiger partial charge in [-0.2, -0.15) is 5.10 Å². The van der Waals surface area contributed by atoms with Gasteiger partial charge in [0.1, 0.15) is 0 Å². The number of carbonyl (C=O) groups is 1. The van der Waals surface area contributed by atoms with Gasteiger partial charge in [-0.25, -0.2) is 0 Å². The Kier molecular flexibility index (Phi) is 3.46. The minimum absolute atomic E-state index is 0.0916. The van der Waals surface area contributed by atoms with E-state index in [0.717, 1.165) is 16.8 Å². The van der Waals surface area contributed by atoms with Gasteiger partial charge in [0, 0.05) is 11.8 Å². The molecule has 2 aromatic rings. The van der Waals surface area contributed by atoms with Crippen molar-refractivity contribution in [1.82, 2.24) is 9.78 Å². The van der Waals surface area contributed by atoms with Crippen LogP contribution in [0.4, 0.5) is 0 Å². The lowest BCUT2D eigenvalue weighted by Gasteiger charge is -2.00. The number of rotatable bonds is 4. The molecule has 1 aromatic heterocycles. The molecule has 0 aliphatic heterocycles. The number of benzene rings is 1. The SMILES string of the molecule is Cc1cccc(-c2cn(CCC(=O)O)nc2C)c1. The number of aliphatic carboxylic acids is 1. The Balaban J connectivity index is 2.26. The molecule has 1 heterocycles. The van der Waals surface area contributed by atoms with Crippen LogP contribution in [-0.4, -0.2) is 20.9 Å². The maximum Gasteiger partial charge on any atom is 0.305 e. The molecule has 0 radical (unpaired) electrons. The monoisotopic (exact) mass is 244 g/mol. The van der Waals surface area contributed by atoms with E-state index < -0.39 is 5.97 Å². The summed E-state index contributed by atoms with van der Waals surface area (Å²) in [7, 11) is 0. The van der Waals surface area contributed by atoms with Crippen LogP contribution in [0.1, 0.15) is 17.7 Å². The lowest BCUT2D eigenvalue weighted by molar-refractivity contribution is -0.137. The van der Waals surface area contributed by atoms with Gasteiger partial charge >= 0.3 is 5.97 Å². The number of carboxylic acid groups (broad SMARTS) is 1. The van der Waals surface area contributed by atoms with Gasteiger partial charge in [0.15, 0.2) is 0 Å². The molecule has 0 bridgehead atoms. The van der Waals surface area contributed by atoms with Gasteiger partial charge in [-0.3, -0.25) is 9.48 Å². The van der Waals surface area contributed by atoms with Crippen molar-refractivity contribution in [1.29, 1.82) is 0 Å². The quantitative estimate of drug-likeness (QED) is 0.899. The Morgan fingerprint density at radius 1 is 1.39 bits per heavy atom. The third-order valence-electron chi connectivity index (χ3n) is 2.83. The highest BCUT2D eigenvalue weighted by molar-refractivity contribution is 5.67. The Hall–Kier alpha value is -2.10. The van der Waals surface area contributed by atoms with Crippen molar-refractivity contribution >= 4 is 5.97 Å². The second-order valence-corrected chi connectivity index (χ2v) is 4.40. The minimum atomic E-state index is -0.805. The predicted molar refractivity (Wildman–Crippen MR) is 69.4 cm³/mol. The molecule has 0 amide bonds. The Morgan fingerprint density at radius 2 is 2.17 bits per heavy atom. The van der Waals surface area contributed by atoms with Gasteiger partial charge in [0.05, 0.1) is 18.7 Å². The maximum atomic E-state index is 10.5. The molecule has 0 unspecified atom stereocenters. The maximum absolute atomic E-state index is 10.5. The number of aryl methyl sites for hydroxylation is 3. The van der Waals surface area contributed by atoms with Crippen LogP contribution in [0.3, 0.4) is 0 Å². The second kappa shape index (κ2) is 5.04. The summed E-state index contributed by atoms with van der Waals surface area (Å²) in [6, 6.07) is 8.20. The zero-order chi connectivity index (χ0) is 13.1. The standard InChI is InChI=1S/C14H16N2O2/c1-10-4-3-5-12(8-10)13-9-16(15-11(13)2)7-6-14(17)18/h3-5,8-9H,6-7H2,1-2H3,(H,17,18). The summed E-state index contributed by atoms with van der Waals surface area (Å²) in [5, 5.41) is 13.0. The van der Waals surface area contributed by atoms with E-state index >= 15 is 0 Å². The normalized spacial score (nSPS) is 10.6. The zero-order valence-corrected chi connectivity index (χ0v) is 10.6. The van der Waals surface area contributed by atoms with Crippen LogP contribution >= 0.6 is 0 Å². The summed E-state index contributed by atoms with van der Waals surface area (Å²) in [5.74, 6) is -0.805. The number of aromatic nitrogens is 2. The molecule has 94 valence electrons. The molecule has 1 N–H and O–H groups in total. The van der Waals surface area contributed by atoms with Crippen molar-refractivity contribution in [3.63, 3.8) is 0 Å². The summed E-state index contributed by atoms with van der Waals surface area (Å²) < 4.78 is 1.70. The van der Waals surface area contributed by atoms with Gasteiger partial charge in [-0.1, -0.05) is 29.8 Å². The van der Waals surface area contributed by atoms with Crippen molar-refractivity contribution in [2.75, 3.05) is 0 Å². The van der Waals surface area contributed by atoms with Crippen molar-refractivity contribution in [3.05, 3.63) is 41.7 Å². The molecule has 0 fully saturated rings. The molecule has 0 spiro atoms. The molecule has 2 rings (SSSR count). The second-order valence-electron chi connectivity index (χ2n) is 4.40. The van der Waals surface area contributed by atoms with E-state index in [-0.39, 0.29) is 6.42 Å². The molecule has 1 aromatic carbocycles. The van der Waals surface area contributed by atoms with Gasteiger partial charge < -0.3 is 5.11 Å². The third-order valence-corrected chi connectivity index (χ3v) is 2.83. The predicted octanol–water partition coefficient (Wildman–Crippen LogP) is 2.64. The summed E-state index contributed by atoms with van der Waals surface area (Å²) in [4.78, 5) is 10.5. The molecule has 0 saturated heterocycles. The summed E-state index contributed by atoms with van der Waals surface area (Å²) >= 11 is 0. The Morgan fingerprint density at radius 3 is 2.83 bits per heavy atom. The third kappa shape index (κ3) is 2.77. The fourth-order valence-corrected chi connectivity index (χ4v) is 1.94. The van der Waals surface area contributed by atoms with Gasteiger partial charge in [0.25, 0.3) is 0 Å². The van der Waals surface area contributed by atoms with E-state index in [0.29, 0.717) is 6.54 Å². The molecule has 0 aliphatic rings. The van der Waals surface area contributed by atoms with Crippen LogP contribution in [0.2, 0.25) is 0 Å². The molecule has 0 aliphatic carbocycles. The van der Waals surface area contributed by atoms with E-state index in [9.17, 15) is 4.79 Å². The molecule has 18 heavy (non-hydrogen) atoms. The smallest absolute Gasteiger partial charge is 0.305 e. The van der Waals surface area contributed by atoms with Gasteiger partial charge in [-0.15, -0.1) is 0 Å². The van der Waals surface area contributed by atoms with Gasteiger partial charge in [0.2, 0.25) is 0 Å². The van der Waals surface area contributed by atoms with Crippen LogP contribution in [-0.2, 0) is 11.3 Å². The van der Waals surface area contributed by atoms with E-state index in [1.165, 1.54) is 5.56 Å². The molecule has 4 heteroatoms. The minimum Gasteiger partial charge on any atom is -0.481 e. The fraction of sp³-hybridized carbons (Fsp3) is 0.286. The Bertz CT molecular complexity index is 573. The van der Waals surface area contributed by atoms with Crippen molar-refractivity contribution in [3.8, 4) is 11.1 Å². The van der Waals surface area contributed by atoms with Gasteiger partial charge in [-0.05, 0) is 19.4 Å². The fourth-order valence-electron chi connectivity index (χ4n) is 1.94. The first-order valence-corrected chi connectivity index (χ1v) is 5.89. The van der Waals surface area contributed by atoms with Crippen molar-refractivity contribution < 1.29 is 9.90 Å². The first kappa shape index (κ1) is 12.4. The molecular weight excluding hydrogens is 228 g/mol. The highest BCUT2D eigenvalue weighted by Gasteiger charge is 2.08. The lowest BCUT2D eigenvalue weighted by Crippen LogP contribution is -2.04. The highest BCUT2D eigenvalue weighted by Crippen LogP contribution is 2.23. The van der Waals surface area contributed by atoms with E-state index in [1.807, 2.05) is 38.2 Å². The van der Waals surface area contributed by atoms with Crippen LogP contribution < -0.4 is 0 Å². The highest BCUT2D eigenvalue weighted by atomic mass is 16.4. The first-order chi connectivity index (χ1) is 8.56. The molecule has 0 saturated carbocycles. The summed E-state index contributed by atoms with van der Waals surface area (Å²) in [5.41, 5.74) is 4.30. The Labute approximate surface area is 106 Å². The van der Waals surface area contributed by atoms with Crippen molar-refractivity contribution in [2.24, 2.45) is 0 Å². The van der Waals surface area contributed by atoms with E-state index in [1.54, 1.807) is 4.68 Å². The topological polar surface area (TPSA) is 55.1 Å². The molecular formula is C14H16N2O2. The average Bonchev–Trinajstić information content (AvgIpc) is 2.68. The average molecular weight is 244 g/mol.